The van der Waals surface area contributed by atoms with Gasteiger partial charge in [-0.2, -0.15) is 0 Å². The molecule has 0 spiro atoms. The van der Waals surface area contributed by atoms with Crippen molar-refractivity contribution in [3.05, 3.63) is 29.6 Å². The van der Waals surface area contributed by atoms with Crippen LogP contribution in [0.3, 0.4) is 0 Å². The molecule has 1 aliphatic rings. The number of hydrogen-bond acceptors (Lipinski definition) is 2. The Morgan fingerprint density at radius 2 is 2.38 bits per heavy atom. The smallest absolute Gasteiger partial charge is 0.0327 e. The fourth-order valence-corrected chi connectivity index (χ4v) is 2.02. The van der Waals surface area contributed by atoms with Crippen molar-refractivity contribution >= 4 is 0 Å². The number of aromatic nitrogens is 1. The lowest BCUT2D eigenvalue weighted by Gasteiger charge is -2.12. The second-order valence-electron chi connectivity index (χ2n) is 4.03. The van der Waals surface area contributed by atoms with Crippen LogP contribution >= 0.6 is 0 Å². The molecular weight excluding hydrogens is 160 g/mol. The van der Waals surface area contributed by atoms with Crippen molar-refractivity contribution < 1.29 is 0 Å². The van der Waals surface area contributed by atoms with Crippen LogP contribution in [0, 0.1) is 12.8 Å². The predicted octanol–water partition coefficient (Wildman–Crippen LogP) is 2.06. The second kappa shape index (κ2) is 3.46. The second-order valence-corrected chi connectivity index (χ2v) is 4.03. The van der Waals surface area contributed by atoms with Crippen LogP contribution in [0.25, 0.3) is 0 Å². The fourth-order valence-electron chi connectivity index (χ4n) is 2.02. The molecule has 0 aliphatic carbocycles. The van der Waals surface area contributed by atoms with E-state index < -0.39 is 0 Å². The van der Waals surface area contributed by atoms with Crippen LogP contribution in [-0.2, 0) is 0 Å². The number of rotatable bonds is 1. The first-order valence-corrected chi connectivity index (χ1v) is 4.91. The fraction of sp³-hybridized carbons (Fsp3) is 0.545. The van der Waals surface area contributed by atoms with Gasteiger partial charge in [-0.05, 0) is 43.0 Å². The Morgan fingerprint density at radius 1 is 1.54 bits per heavy atom. The highest BCUT2D eigenvalue weighted by Crippen LogP contribution is 2.27. The average Bonchev–Trinajstić information content (AvgIpc) is 2.53. The molecular formula is C11H16N2. The first-order chi connectivity index (χ1) is 6.27. The highest BCUT2D eigenvalue weighted by molar-refractivity contribution is 5.26. The van der Waals surface area contributed by atoms with Crippen molar-refractivity contribution in [3.63, 3.8) is 0 Å². The monoisotopic (exact) mass is 176 g/mol. The summed E-state index contributed by atoms with van der Waals surface area (Å²) in [6, 6.07) is 2.68. The summed E-state index contributed by atoms with van der Waals surface area (Å²) in [5, 5.41) is 3.54. The Labute approximate surface area is 79.4 Å². The summed E-state index contributed by atoms with van der Waals surface area (Å²) in [6.45, 7) is 5.57. The molecule has 1 N–H and O–H groups in total. The molecule has 0 aromatic carbocycles. The molecule has 1 saturated heterocycles. The van der Waals surface area contributed by atoms with Crippen molar-refractivity contribution in [1.82, 2.24) is 10.3 Å². The third-order valence-electron chi connectivity index (χ3n) is 2.79. The van der Waals surface area contributed by atoms with Crippen molar-refractivity contribution in [1.29, 1.82) is 0 Å². The first-order valence-electron chi connectivity index (χ1n) is 4.91. The van der Waals surface area contributed by atoms with Gasteiger partial charge in [-0.25, -0.2) is 0 Å². The maximum absolute atomic E-state index is 4.11. The molecule has 1 aromatic rings. The van der Waals surface area contributed by atoms with Gasteiger partial charge in [0, 0.05) is 18.4 Å². The summed E-state index contributed by atoms with van der Waals surface area (Å²) in [4.78, 5) is 4.11. The number of pyridine rings is 1. The molecule has 1 aromatic heterocycles. The molecule has 0 saturated carbocycles. The molecule has 2 nitrogen and oxygen atoms in total. The molecule has 1 fully saturated rings. The van der Waals surface area contributed by atoms with Gasteiger partial charge in [-0.1, -0.05) is 6.92 Å². The van der Waals surface area contributed by atoms with Crippen LogP contribution in [0.4, 0.5) is 0 Å². The third kappa shape index (κ3) is 1.73. The van der Waals surface area contributed by atoms with Gasteiger partial charge < -0.3 is 5.32 Å². The zero-order chi connectivity index (χ0) is 9.26. The van der Waals surface area contributed by atoms with E-state index in [4.69, 9.17) is 0 Å². The predicted molar refractivity (Wildman–Crippen MR) is 53.5 cm³/mol. The van der Waals surface area contributed by atoms with Crippen molar-refractivity contribution in [2.24, 2.45) is 5.92 Å². The van der Waals surface area contributed by atoms with E-state index in [1.54, 1.807) is 0 Å². The van der Waals surface area contributed by atoms with Crippen molar-refractivity contribution in [2.45, 2.75) is 26.3 Å². The van der Waals surface area contributed by atoms with Crippen LogP contribution in [0.5, 0.6) is 0 Å². The van der Waals surface area contributed by atoms with E-state index in [2.05, 4.69) is 30.2 Å². The van der Waals surface area contributed by atoms with Crippen molar-refractivity contribution in [3.8, 4) is 0 Å². The summed E-state index contributed by atoms with van der Waals surface area (Å²) in [6.07, 6.45) is 5.08. The summed E-state index contributed by atoms with van der Waals surface area (Å²) in [5.74, 6) is 0.803. The number of hydrogen-bond donors (Lipinski definition) is 1. The van der Waals surface area contributed by atoms with Crippen LogP contribution in [-0.4, -0.2) is 11.5 Å². The van der Waals surface area contributed by atoms with E-state index in [9.17, 15) is 0 Å². The quantitative estimate of drug-likeness (QED) is 0.708. The third-order valence-corrected chi connectivity index (χ3v) is 2.79. The van der Waals surface area contributed by atoms with E-state index in [-0.39, 0.29) is 0 Å². The summed E-state index contributed by atoms with van der Waals surface area (Å²) >= 11 is 0. The van der Waals surface area contributed by atoms with Gasteiger partial charge in [0.05, 0.1) is 0 Å². The Kier molecular flexibility index (Phi) is 2.32. The van der Waals surface area contributed by atoms with E-state index in [0.717, 1.165) is 12.5 Å². The highest BCUT2D eigenvalue weighted by atomic mass is 14.9. The van der Waals surface area contributed by atoms with Crippen LogP contribution in [0.1, 0.15) is 30.5 Å². The van der Waals surface area contributed by atoms with Crippen LogP contribution < -0.4 is 5.32 Å². The molecule has 2 atom stereocenters. The lowest BCUT2D eigenvalue weighted by molar-refractivity contribution is 0.609. The molecule has 2 rings (SSSR count). The Bertz CT molecular complexity index is 296. The van der Waals surface area contributed by atoms with Gasteiger partial charge in [0.15, 0.2) is 0 Å². The minimum atomic E-state index is 0.554. The van der Waals surface area contributed by atoms with E-state index in [1.807, 2.05) is 12.4 Å². The van der Waals surface area contributed by atoms with Gasteiger partial charge in [-0.3, -0.25) is 4.98 Å². The number of nitrogens with one attached hydrogen (secondary N) is 1. The molecule has 2 heteroatoms. The lowest BCUT2D eigenvalue weighted by Crippen LogP contribution is -2.14. The molecule has 1 aliphatic heterocycles. The van der Waals surface area contributed by atoms with E-state index in [1.165, 1.54) is 17.5 Å². The molecule has 0 bridgehead atoms. The summed E-state index contributed by atoms with van der Waals surface area (Å²) in [7, 11) is 0. The first kappa shape index (κ1) is 8.70. The summed E-state index contributed by atoms with van der Waals surface area (Å²) in [5.41, 5.74) is 2.72. The zero-order valence-corrected chi connectivity index (χ0v) is 8.25. The molecule has 0 radical (unpaired) electrons. The SMILES string of the molecule is Cc1cnccc1C1CC(C)CN1. The average molecular weight is 176 g/mol. The molecule has 0 amide bonds. The van der Waals surface area contributed by atoms with Gasteiger partial charge in [0.2, 0.25) is 0 Å². The van der Waals surface area contributed by atoms with Crippen molar-refractivity contribution in [2.75, 3.05) is 6.54 Å². The minimum absolute atomic E-state index is 0.554. The van der Waals surface area contributed by atoms with Gasteiger partial charge in [0.1, 0.15) is 0 Å². The normalized spacial score (nSPS) is 27.8. The largest absolute Gasteiger partial charge is 0.310 e. The van der Waals surface area contributed by atoms with E-state index >= 15 is 0 Å². The Hall–Kier alpha value is -0.890. The molecule has 70 valence electrons. The Balaban J connectivity index is 2.21. The van der Waals surface area contributed by atoms with Gasteiger partial charge in [0.25, 0.3) is 0 Å². The zero-order valence-electron chi connectivity index (χ0n) is 8.25. The summed E-state index contributed by atoms with van der Waals surface area (Å²) < 4.78 is 0. The standard InChI is InChI=1S/C11H16N2/c1-8-5-11(13-6-8)10-3-4-12-7-9(10)2/h3-4,7-8,11,13H,5-6H2,1-2H3. The van der Waals surface area contributed by atoms with Crippen LogP contribution in [0.2, 0.25) is 0 Å². The van der Waals surface area contributed by atoms with Gasteiger partial charge >= 0.3 is 0 Å². The maximum atomic E-state index is 4.11. The minimum Gasteiger partial charge on any atom is -0.310 e. The maximum Gasteiger partial charge on any atom is 0.0327 e. The van der Waals surface area contributed by atoms with E-state index in [0.29, 0.717) is 6.04 Å². The molecule has 2 heterocycles. The van der Waals surface area contributed by atoms with Crippen LogP contribution in [0.15, 0.2) is 18.5 Å². The Morgan fingerprint density at radius 3 is 3.00 bits per heavy atom. The topological polar surface area (TPSA) is 24.9 Å². The molecule has 13 heavy (non-hydrogen) atoms. The molecule has 2 unspecified atom stereocenters. The number of nitrogens with zero attached hydrogens (tertiary/aromatic N) is 1. The highest BCUT2D eigenvalue weighted by Gasteiger charge is 2.22. The lowest BCUT2D eigenvalue weighted by atomic mass is 9.99. The number of aryl methyl sites for hydroxylation is 1. The van der Waals surface area contributed by atoms with Gasteiger partial charge in [-0.15, -0.1) is 0 Å².